The number of thioether (sulfide) groups is 1. The molecule has 2 amide bonds. The molecule has 2 rings (SSSR count). The maximum atomic E-state index is 11.8. The maximum Gasteiger partial charge on any atom is 0.331 e. The third kappa shape index (κ3) is 3.89. The van der Waals surface area contributed by atoms with Crippen LogP contribution in [0.2, 0.25) is 0 Å². The summed E-state index contributed by atoms with van der Waals surface area (Å²) in [6.07, 6.45) is 5.28. The number of urea groups is 1. The number of rotatable bonds is 5. The lowest BCUT2D eigenvalue weighted by molar-refractivity contribution is -0.139. The summed E-state index contributed by atoms with van der Waals surface area (Å²) in [4.78, 5) is 23.0. The first kappa shape index (κ1) is 14.7. The third-order valence-corrected chi connectivity index (χ3v) is 4.49. The summed E-state index contributed by atoms with van der Waals surface area (Å²) in [5.41, 5.74) is 0.449. The number of hydrogen-bond acceptors (Lipinski definition) is 4. The van der Waals surface area contributed by atoms with Gasteiger partial charge in [-0.15, -0.1) is 0 Å². The summed E-state index contributed by atoms with van der Waals surface area (Å²) in [7, 11) is 1.69. The van der Waals surface area contributed by atoms with E-state index in [0.29, 0.717) is 17.4 Å². The van der Waals surface area contributed by atoms with E-state index < -0.39 is 18.0 Å². The molecule has 1 aromatic heterocycles. The Labute approximate surface area is 121 Å². The summed E-state index contributed by atoms with van der Waals surface area (Å²) in [6.45, 7) is 0.565. The number of carboxylic acids is 1. The van der Waals surface area contributed by atoms with E-state index in [0.717, 1.165) is 12.2 Å². The van der Waals surface area contributed by atoms with Gasteiger partial charge in [-0.1, -0.05) is 0 Å². The highest BCUT2D eigenvalue weighted by molar-refractivity contribution is 8.00. The van der Waals surface area contributed by atoms with Crippen molar-refractivity contribution in [3.63, 3.8) is 0 Å². The van der Waals surface area contributed by atoms with Crippen molar-refractivity contribution in [2.24, 2.45) is 7.05 Å². The number of hydrogen-bond donors (Lipinski definition) is 3. The van der Waals surface area contributed by atoms with Crippen molar-refractivity contribution < 1.29 is 14.7 Å². The number of aromatic nitrogens is 2. The molecule has 1 aliphatic rings. The Kier molecular flexibility index (Phi) is 4.89. The van der Waals surface area contributed by atoms with Crippen LogP contribution < -0.4 is 10.6 Å². The van der Waals surface area contributed by atoms with Crippen molar-refractivity contribution in [1.82, 2.24) is 20.4 Å². The SMILES string of the molecule is Cn1cc(C(NC(=O)NCC2CCCS2)C(=O)O)cn1. The molecule has 7 nitrogen and oxygen atoms in total. The van der Waals surface area contributed by atoms with Gasteiger partial charge in [-0.2, -0.15) is 16.9 Å². The Morgan fingerprint density at radius 1 is 1.65 bits per heavy atom. The zero-order valence-corrected chi connectivity index (χ0v) is 12.0. The van der Waals surface area contributed by atoms with Crippen molar-refractivity contribution in [3.05, 3.63) is 18.0 Å². The Morgan fingerprint density at radius 2 is 2.45 bits per heavy atom. The van der Waals surface area contributed by atoms with Gasteiger partial charge >= 0.3 is 12.0 Å². The number of nitrogens with one attached hydrogen (secondary N) is 2. The number of aliphatic carboxylic acids is 1. The molecule has 0 spiro atoms. The monoisotopic (exact) mass is 298 g/mol. The number of carbonyl (C=O) groups is 2. The highest BCUT2D eigenvalue weighted by Gasteiger charge is 2.24. The van der Waals surface area contributed by atoms with E-state index in [4.69, 9.17) is 0 Å². The number of carboxylic acid groups (broad SMARTS) is 1. The number of amides is 2. The summed E-state index contributed by atoms with van der Waals surface area (Å²) in [5.74, 6) is 0.0184. The topological polar surface area (TPSA) is 96.2 Å². The van der Waals surface area contributed by atoms with Crippen molar-refractivity contribution in [2.75, 3.05) is 12.3 Å². The van der Waals surface area contributed by atoms with Gasteiger partial charge in [0.1, 0.15) is 0 Å². The smallest absolute Gasteiger partial charge is 0.331 e. The fourth-order valence-electron chi connectivity index (χ4n) is 2.07. The second kappa shape index (κ2) is 6.65. The molecule has 1 fully saturated rings. The summed E-state index contributed by atoms with van der Waals surface area (Å²) in [5, 5.41) is 18.7. The van der Waals surface area contributed by atoms with Gasteiger partial charge in [0.05, 0.1) is 6.20 Å². The fraction of sp³-hybridized carbons (Fsp3) is 0.583. The molecule has 20 heavy (non-hydrogen) atoms. The van der Waals surface area contributed by atoms with Gasteiger partial charge in [-0.05, 0) is 18.6 Å². The minimum absolute atomic E-state index is 0.433. The van der Waals surface area contributed by atoms with Crippen molar-refractivity contribution >= 4 is 23.8 Å². The van der Waals surface area contributed by atoms with Crippen LogP contribution in [0.25, 0.3) is 0 Å². The zero-order valence-electron chi connectivity index (χ0n) is 11.2. The normalized spacial score (nSPS) is 19.6. The predicted molar refractivity (Wildman–Crippen MR) is 75.6 cm³/mol. The molecule has 8 heteroatoms. The van der Waals surface area contributed by atoms with Gasteiger partial charge in [0.25, 0.3) is 0 Å². The molecule has 1 aromatic rings. The van der Waals surface area contributed by atoms with E-state index in [2.05, 4.69) is 15.7 Å². The van der Waals surface area contributed by atoms with Crippen LogP contribution in [0.4, 0.5) is 4.79 Å². The van der Waals surface area contributed by atoms with Crippen molar-refractivity contribution in [2.45, 2.75) is 24.1 Å². The van der Waals surface area contributed by atoms with Crippen LogP contribution in [0.1, 0.15) is 24.4 Å². The Bertz CT molecular complexity index is 485. The van der Waals surface area contributed by atoms with Crippen LogP contribution in [0.3, 0.4) is 0 Å². The Balaban J connectivity index is 1.87. The largest absolute Gasteiger partial charge is 0.479 e. The second-order valence-electron chi connectivity index (χ2n) is 4.71. The van der Waals surface area contributed by atoms with E-state index in [1.807, 2.05) is 11.8 Å². The second-order valence-corrected chi connectivity index (χ2v) is 6.12. The molecule has 2 atom stereocenters. The standard InChI is InChI=1S/C12H18N4O3S/c1-16-7-8(5-14-16)10(11(17)18)15-12(19)13-6-9-3-2-4-20-9/h5,7,9-10H,2-4,6H2,1H3,(H,17,18)(H2,13,15,19). The number of nitrogens with zero attached hydrogens (tertiary/aromatic N) is 2. The van der Waals surface area contributed by atoms with Crippen LogP contribution in [-0.2, 0) is 11.8 Å². The van der Waals surface area contributed by atoms with Gasteiger partial charge < -0.3 is 15.7 Å². The molecule has 0 aromatic carbocycles. The molecule has 0 aliphatic carbocycles. The third-order valence-electron chi connectivity index (χ3n) is 3.09. The lowest BCUT2D eigenvalue weighted by atomic mass is 10.1. The van der Waals surface area contributed by atoms with Gasteiger partial charge in [0.15, 0.2) is 6.04 Å². The van der Waals surface area contributed by atoms with E-state index in [1.165, 1.54) is 17.3 Å². The molecule has 2 heterocycles. The van der Waals surface area contributed by atoms with Gasteiger partial charge in [-0.3, -0.25) is 4.68 Å². The molecule has 2 unspecified atom stereocenters. The van der Waals surface area contributed by atoms with E-state index >= 15 is 0 Å². The summed E-state index contributed by atoms with van der Waals surface area (Å²) >= 11 is 1.84. The highest BCUT2D eigenvalue weighted by Crippen LogP contribution is 2.25. The molecule has 0 radical (unpaired) electrons. The minimum atomic E-state index is -1.11. The van der Waals surface area contributed by atoms with Gasteiger partial charge in [-0.25, -0.2) is 9.59 Å². The molecular weight excluding hydrogens is 280 g/mol. The zero-order chi connectivity index (χ0) is 14.5. The minimum Gasteiger partial charge on any atom is -0.479 e. The Morgan fingerprint density at radius 3 is 3.00 bits per heavy atom. The van der Waals surface area contributed by atoms with Crippen molar-refractivity contribution in [3.8, 4) is 0 Å². The average molecular weight is 298 g/mol. The lowest BCUT2D eigenvalue weighted by Gasteiger charge is -2.15. The van der Waals surface area contributed by atoms with Crippen LogP contribution in [0, 0.1) is 0 Å². The van der Waals surface area contributed by atoms with E-state index in [-0.39, 0.29) is 0 Å². The van der Waals surface area contributed by atoms with Crippen LogP contribution in [-0.4, -0.2) is 44.4 Å². The number of carbonyl (C=O) groups excluding carboxylic acids is 1. The lowest BCUT2D eigenvalue weighted by Crippen LogP contribution is -2.42. The molecule has 3 N–H and O–H groups in total. The highest BCUT2D eigenvalue weighted by atomic mass is 32.2. The van der Waals surface area contributed by atoms with Gasteiger partial charge in [0, 0.05) is 30.6 Å². The summed E-state index contributed by atoms with van der Waals surface area (Å²) in [6, 6.07) is -1.55. The van der Waals surface area contributed by atoms with E-state index in [1.54, 1.807) is 13.2 Å². The van der Waals surface area contributed by atoms with Gasteiger partial charge in [0.2, 0.25) is 0 Å². The molecule has 0 bridgehead atoms. The Hall–Kier alpha value is -1.70. The van der Waals surface area contributed by atoms with Crippen LogP contribution in [0.5, 0.6) is 0 Å². The first-order chi connectivity index (χ1) is 9.56. The van der Waals surface area contributed by atoms with Crippen molar-refractivity contribution in [1.29, 1.82) is 0 Å². The summed E-state index contributed by atoms with van der Waals surface area (Å²) < 4.78 is 1.50. The molecular formula is C12H18N4O3S. The quantitative estimate of drug-likeness (QED) is 0.745. The van der Waals surface area contributed by atoms with E-state index in [9.17, 15) is 14.7 Å². The molecule has 1 saturated heterocycles. The number of aryl methyl sites for hydroxylation is 1. The van der Waals surface area contributed by atoms with Crippen LogP contribution >= 0.6 is 11.8 Å². The van der Waals surface area contributed by atoms with Crippen LogP contribution in [0.15, 0.2) is 12.4 Å². The first-order valence-corrected chi connectivity index (χ1v) is 7.48. The average Bonchev–Trinajstić information content (AvgIpc) is 3.04. The molecule has 1 aliphatic heterocycles. The molecule has 0 saturated carbocycles. The first-order valence-electron chi connectivity index (χ1n) is 6.43. The maximum absolute atomic E-state index is 11.8. The molecule has 110 valence electrons. The predicted octanol–water partition coefficient (Wildman–Crippen LogP) is 0.741. The fourth-order valence-corrected chi connectivity index (χ4v) is 3.27.